The summed E-state index contributed by atoms with van der Waals surface area (Å²) >= 11 is 1.75. The number of nitrogens with zero attached hydrogens (tertiary/aromatic N) is 1. The molecule has 2 heterocycles. The van der Waals surface area contributed by atoms with E-state index in [9.17, 15) is 0 Å². The molecule has 1 aliphatic rings. The molecular formula is C10H15NOS. The molecule has 0 aromatic carbocycles. The summed E-state index contributed by atoms with van der Waals surface area (Å²) in [5.41, 5.74) is 0. The van der Waals surface area contributed by atoms with Crippen molar-refractivity contribution < 1.29 is 4.74 Å². The minimum atomic E-state index is 0.891. The van der Waals surface area contributed by atoms with Crippen LogP contribution < -0.4 is 4.74 Å². The van der Waals surface area contributed by atoms with Crippen LogP contribution in [0.5, 0.6) is 5.06 Å². The van der Waals surface area contributed by atoms with Gasteiger partial charge < -0.3 is 4.74 Å². The van der Waals surface area contributed by atoms with Gasteiger partial charge in [0.1, 0.15) is 0 Å². The lowest BCUT2D eigenvalue weighted by atomic mass is 10.0. The molecule has 0 bridgehead atoms. The van der Waals surface area contributed by atoms with Crippen molar-refractivity contribution in [2.24, 2.45) is 5.92 Å². The van der Waals surface area contributed by atoms with Gasteiger partial charge in [-0.1, -0.05) is 6.92 Å². The highest BCUT2D eigenvalue weighted by Crippen LogP contribution is 2.27. The largest absolute Gasteiger partial charge is 0.487 e. The molecule has 0 N–H and O–H groups in total. The molecule has 0 atom stereocenters. The van der Waals surface area contributed by atoms with Gasteiger partial charge in [0.2, 0.25) is 0 Å². The van der Waals surface area contributed by atoms with Crippen LogP contribution in [0.1, 0.15) is 11.8 Å². The molecule has 0 spiro atoms. The molecule has 1 aromatic rings. The SMILES string of the molecule is COc1ccc(CN2CC(C)C2)s1. The summed E-state index contributed by atoms with van der Waals surface area (Å²) in [6, 6.07) is 4.20. The molecule has 1 aliphatic heterocycles. The van der Waals surface area contributed by atoms with E-state index in [0.29, 0.717) is 0 Å². The summed E-state index contributed by atoms with van der Waals surface area (Å²) in [4.78, 5) is 3.87. The average molecular weight is 197 g/mol. The maximum Gasteiger partial charge on any atom is 0.173 e. The minimum Gasteiger partial charge on any atom is -0.487 e. The molecule has 2 rings (SSSR count). The third-order valence-electron chi connectivity index (χ3n) is 2.36. The van der Waals surface area contributed by atoms with Gasteiger partial charge in [-0.05, 0) is 18.1 Å². The van der Waals surface area contributed by atoms with E-state index >= 15 is 0 Å². The maximum atomic E-state index is 5.15. The fraction of sp³-hybridized carbons (Fsp3) is 0.600. The number of hydrogen-bond donors (Lipinski definition) is 0. The van der Waals surface area contributed by atoms with Crippen LogP contribution in [0, 0.1) is 5.92 Å². The summed E-state index contributed by atoms with van der Waals surface area (Å²) < 4.78 is 5.15. The van der Waals surface area contributed by atoms with Crippen molar-refractivity contribution in [3.05, 3.63) is 17.0 Å². The molecule has 0 radical (unpaired) electrons. The van der Waals surface area contributed by atoms with Gasteiger partial charge in [-0.2, -0.15) is 0 Å². The third kappa shape index (κ3) is 2.03. The predicted molar refractivity (Wildman–Crippen MR) is 55.3 cm³/mol. The first kappa shape index (κ1) is 9.03. The number of hydrogen-bond acceptors (Lipinski definition) is 3. The third-order valence-corrected chi connectivity index (χ3v) is 3.39. The predicted octanol–water partition coefficient (Wildman–Crippen LogP) is 2.21. The van der Waals surface area contributed by atoms with E-state index in [2.05, 4.69) is 17.9 Å². The number of methoxy groups -OCH3 is 1. The van der Waals surface area contributed by atoms with Gasteiger partial charge in [0, 0.05) is 24.5 Å². The molecule has 0 unspecified atom stereocenters. The topological polar surface area (TPSA) is 12.5 Å². The van der Waals surface area contributed by atoms with Crippen LogP contribution in [-0.4, -0.2) is 25.1 Å². The fourth-order valence-corrected chi connectivity index (χ4v) is 2.59. The standard InChI is InChI=1S/C10H15NOS/c1-8-5-11(6-8)7-9-3-4-10(12-2)13-9/h3-4,8H,5-7H2,1-2H3. The highest BCUT2D eigenvalue weighted by atomic mass is 32.1. The van der Waals surface area contributed by atoms with Crippen LogP contribution in [0.3, 0.4) is 0 Å². The van der Waals surface area contributed by atoms with E-state index in [1.165, 1.54) is 18.0 Å². The Bertz CT molecular complexity index is 278. The fourth-order valence-electron chi connectivity index (χ4n) is 1.73. The van der Waals surface area contributed by atoms with Crippen molar-refractivity contribution in [2.45, 2.75) is 13.5 Å². The number of ether oxygens (including phenoxy) is 1. The molecular weight excluding hydrogens is 182 g/mol. The molecule has 72 valence electrons. The van der Waals surface area contributed by atoms with Crippen LogP contribution >= 0.6 is 11.3 Å². The molecule has 13 heavy (non-hydrogen) atoms. The highest BCUT2D eigenvalue weighted by Gasteiger charge is 2.22. The Morgan fingerprint density at radius 2 is 2.31 bits per heavy atom. The molecule has 0 amide bonds. The Kier molecular flexibility index (Phi) is 2.56. The Morgan fingerprint density at radius 1 is 1.54 bits per heavy atom. The Labute approximate surface area is 83.1 Å². The second-order valence-electron chi connectivity index (χ2n) is 3.72. The van der Waals surface area contributed by atoms with Crippen LogP contribution in [0.4, 0.5) is 0 Å². The Balaban J connectivity index is 1.87. The minimum absolute atomic E-state index is 0.891. The smallest absolute Gasteiger partial charge is 0.173 e. The van der Waals surface area contributed by atoms with Crippen molar-refractivity contribution >= 4 is 11.3 Å². The normalized spacial score (nSPS) is 18.6. The van der Waals surface area contributed by atoms with E-state index in [-0.39, 0.29) is 0 Å². The number of thiophene rings is 1. The summed E-state index contributed by atoms with van der Waals surface area (Å²) in [5.74, 6) is 0.891. The van der Waals surface area contributed by atoms with Gasteiger partial charge >= 0.3 is 0 Å². The van der Waals surface area contributed by atoms with Crippen molar-refractivity contribution in [3.8, 4) is 5.06 Å². The first-order valence-corrected chi connectivity index (χ1v) is 5.44. The zero-order chi connectivity index (χ0) is 9.26. The summed E-state index contributed by atoms with van der Waals surface area (Å²) in [6.07, 6.45) is 0. The zero-order valence-corrected chi connectivity index (χ0v) is 8.93. The van der Waals surface area contributed by atoms with Crippen LogP contribution in [0.2, 0.25) is 0 Å². The van der Waals surface area contributed by atoms with E-state index in [4.69, 9.17) is 4.74 Å². The highest BCUT2D eigenvalue weighted by molar-refractivity contribution is 7.13. The molecule has 1 aromatic heterocycles. The monoisotopic (exact) mass is 197 g/mol. The van der Waals surface area contributed by atoms with Gasteiger partial charge in [-0.25, -0.2) is 0 Å². The van der Waals surface area contributed by atoms with Crippen LogP contribution in [-0.2, 0) is 6.54 Å². The summed E-state index contributed by atoms with van der Waals surface area (Å²) in [6.45, 7) is 5.89. The molecule has 0 aliphatic carbocycles. The van der Waals surface area contributed by atoms with Crippen molar-refractivity contribution in [2.75, 3.05) is 20.2 Å². The van der Waals surface area contributed by atoms with Gasteiger partial charge in [0.05, 0.1) is 7.11 Å². The first-order valence-electron chi connectivity index (χ1n) is 4.63. The zero-order valence-electron chi connectivity index (χ0n) is 8.12. The van der Waals surface area contributed by atoms with Crippen LogP contribution in [0.25, 0.3) is 0 Å². The van der Waals surface area contributed by atoms with Gasteiger partial charge in [-0.3, -0.25) is 4.90 Å². The first-order chi connectivity index (χ1) is 6.28. The lowest BCUT2D eigenvalue weighted by molar-refractivity contribution is 0.106. The summed E-state index contributed by atoms with van der Waals surface area (Å²) in [7, 11) is 1.72. The molecule has 2 nitrogen and oxygen atoms in total. The molecule has 1 fully saturated rings. The quantitative estimate of drug-likeness (QED) is 0.736. The van der Waals surface area contributed by atoms with Crippen molar-refractivity contribution in [3.63, 3.8) is 0 Å². The van der Waals surface area contributed by atoms with Crippen molar-refractivity contribution in [1.29, 1.82) is 0 Å². The Morgan fingerprint density at radius 3 is 2.85 bits per heavy atom. The second-order valence-corrected chi connectivity index (χ2v) is 4.85. The number of likely N-dealkylation sites (tertiary alicyclic amines) is 1. The van der Waals surface area contributed by atoms with Gasteiger partial charge in [0.25, 0.3) is 0 Å². The van der Waals surface area contributed by atoms with E-state index in [0.717, 1.165) is 17.5 Å². The molecule has 1 saturated heterocycles. The average Bonchev–Trinajstić information content (AvgIpc) is 2.50. The summed E-state index contributed by atoms with van der Waals surface area (Å²) in [5, 5.41) is 1.02. The number of rotatable bonds is 3. The maximum absolute atomic E-state index is 5.15. The van der Waals surface area contributed by atoms with Gasteiger partial charge in [0.15, 0.2) is 5.06 Å². The van der Waals surface area contributed by atoms with Crippen LogP contribution in [0.15, 0.2) is 12.1 Å². The Hall–Kier alpha value is -0.540. The lowest BCUT2D eigenvalue weighted by Crippen LogP contribution is -2.44. The van der Waals surface area contributed by atoms with E-state index < -0.39 is 0 Å². The second kappa shape index (κ2) is 3.68. The molecule has 0 saturated carbocycles. The molecule has 3 heteroatoms. The van der Waals surface area contributed by atoms with E-state index in [1.807, 2.05) is 6.07 Å². The van der Waals surface area contributed by atoms with Gasteiger partial charge in [-0.15, -0.1) is 11.3 Å². The lowest BCUT2D eigenvalue weighted by Gasteiger charge is -2.36. The van der Waals surface area contributed by atoms with Crippen molar-refractivity contribution in [1.82, 2.24) is 4.90 Å². The van der Waals surface area contributed by atoms with E-state index in [1.54, 1.807) is 18.4 Å².